The average Bonchev–Trinajstić information content (AvgIpc) is 2.63. The zero-order chi connectivity index (χ0) is 11.4. The van der Waals surface area contributed by atoms with Gasteiger partial charge in [-0.15, -0.1) is 11.3 Å². The number of nitrogens with one attached hydrogen (secondary N) is 1. The lowest BCUT2D eigenvalue weighted by molar-refractivity contribution is -0.121. The van der Waals surface area contributed by atoms with Crippen molar-refractivity contribution in [2.45, 2.75) is 38.1 Å². The quantitative estimate of drug-likeness (QED) is 0.867. The lowest BCUT2D eigenvalue weighted by atomic mass is 10.3. The molecule has 5 heteroatoms. The van der Waals surface area contributed by atoms with Crippen molar-refractivity contribution in [3.8, 4) is 0 Å². The van der Waals surface area contributed by atoms with Gasteiger partial charge in [-0.25, -0.2) is 4.98 Å². The summed E-state index contributed by atoms with van der Waals surface area (Å²) in [5, 5.41) is 3.88. The van der Waals surface area contributed by atoms with E-state index >= 15 is 0 Å². The molecule has 2 atom stereocenters. The van der Waals surface area contributed by atoms with Gasteiger partial charge in [0, 0.05) is 11.1 Å². The minimum absolute atomic E-state index is 0.0113. The lowest BCUT2D eigenvalue weighted by Gasteiger charge is -2.13. The fraction of sp³-hybridized carbons (Fsp3) is 0.600. The summed E-state index contributed by atoms with van der Waals surface area (Å²) in [6.07, 6.45) is 2.61. The predicted molar refractivity (Wildman–Crippen MR) is 66.4 cm³/mol. The molecule has 1 aromatic rings. The molecule has 1 aromatic heterocycles. The van der Waals surface area contributed by atoms with Gasteiger partial charge in [-0.2, -0.15) is 0 Å². The number of carbonyl (C=O) groups is 1. The Bertz CT molecular complexity index is 340. The van der Waals surface area contributed by atoms with Crippen LogP contribution >= 0.6 is 27.3 Å². The highest BCUT2D eigenvalue weighted by Gasteiger charge is 2.17. The summed E-state index contributed by atoms with van der Waals surface area (Å²) in [6, 6.07) is -0.0113. The van der Waals surface area contributed by atoms with Crippen LogP contribution in [0.1, 0.15) is 36.2 Å². The molecule has 1 N–H and O–H groups in total. The van der Waals surface area contributed by atoms with Crippen LogP contribution in [0.15, 0.2) is 6.20 Å². The molecule has 0 aromatic carbocycles. The van der Waals surface area contributed by atoms with E-state index in [4.69, 9.17) is 0 Å². The van der Waals surface area contributed by atoms with Gasteiger partial charge in [0.2, 0.25) is 5.91 Å². The number of carbonyl (C=O) groups excluding carboxylic acids is 1. The maximum Gasteiger partial charge on any atom is 0.234 e. The third-order valence-electron chi connectivity index (χ3n) is 2.01. The molecule has 1 amide bonds. The van der Waals surface area contributed by atoms with Crippen molar-refractivity contribution in [1.82, 2.24) is 10.3 Å². The van der Waals surface area contributed by atoms with E-state index in [1.165, 1.54) is 0 Å². The molecule has 3 nitrogen and oxygen atoms in total. The minimum Gasteiger partial charge on any atom is -0.346 e. The van der Waals surface area contributed by atoms with Gasteiger partial charge in [0.1, 0.15) is 5.01 Å². The van der Waals surface area contributed by atoms with Crippen molar-refractivity contribution in [2.75, 3.05) is 0 Å². The van der Waals surface area contributed by atoms with E-state index in [9.17, 15) is 4.79 Å². The van der Waals surface area contributed by atoms with Gasteiger partial charge in [0.05, 0.1) is 10.9 Å². The zero-order valence-electron chi connectivity index (χ0n) is 9.08. The molecular formula is C10H15BrN2OS. The number of hydrogen-bond donors (Lipinski definition) is 1. The molecule has 0 saturated carbocycles. The summed E-state index contributed by atoms with van der Waals surface area (Å²) >= 11 is 4.94. The third kappa shape index (κ3) is 3.57. The Kier molecular flexibility index (Phi) is 4.73. The summed E-state index contributed by atoms with van der Waals surface area (Å²) in [5.74, 6) is 0.0258. The molecular weight excluding hydrogens is 276 g/mol. The molecule has 0 aliphatic rings. The monoisotopic (exact) mass is 290 g/mol. The summed E-state index contributed by atoms with van der Waals surface area (Å²) < 4.78 is 0. The fourth-order valence-corrected chi connectivity index (χ4v) is 2.03. The van der Waals surface area contributed by atoms with Crippen molar-refractivity contribution in [2.24, 2.45) is 0 Å². The first-order valence-corrected chi connectivity index (χ1v) is 6.64. The van der Waals surface area contributed by atoms with Crippen LogP contribution in [0.5, 0.6) is 0 Å². The second kappa shape index (κ2) is 5.61. The van der Waals surface area contributed by atoms with Crippen molar-refractivity contribution in [3.63, 3.8) is 0 Å². The Labute approximate surface area is 102 Å². The predicted octanol–water partition coefficient (Wildman–Crippen LogP) is 2.80. The van der Waals surface area contributed by atoms with Crippen molar-refractivity contribution >= 4 is 33.2 Å². The van der Waals surface area contributed by atoms with Gasteiger partial charge < -0.3 is 5.32 Å². The normalized spacial score (nSPS) is 14.7. The van der Waals surface area contributed by atoms with E-state index in [2.05, 4.69) is 26.2 Å². The highest BCUT2D eigenvalue weighted by molar-refractivity contribution is 9.10. The number of thiazole rings is 1. The molecule has 0 saturated heterocycles. The smallest absolute Gasteiger partial charge is 0.234 e. The number of aromatic nitrogens is 1. The number of rotatable bonds is 4. The molecule has 15 heavy (non-hydrogen) atoms. The second-order valence-electron chi connectivity index (χ2n) is 3.42. The summed E-state index contributed by atoms with van der Waals surface area (Å²) in [6.45, 7) is 5.93. The van der Waals surface area contributed by atoms with Crippen LogP contribution in [0.3, 0.4) is 0 Å². The highest BCUT2D eigenvalue weighted by atomic mass is 79.9. The van der Waals surface area contributed by atoms with Gasteiger partial charge in [-0.05, 0) is 20.3 Å². The van der Waals surface area contributed by atoms with Gasteiger partial charge in [0.25, 0.3) is 0 Å². The average molecular weight is 291 g/mol. The van der Waals surface area contributed by atoms with Crippen LogP contribution in [-0.2, 0) is 4.79 Å². The van der Waals surface area contributed by atoms with Crippen LogP contribution in [0.25, 0.3) is 0 Å². The van der Waals surface area contributed by atoms with Crippen molar-refractivity contribution < 1.29 is 4.79 Å². The SMILES string of the molecule is CCC(Br)C(=O)NC(C)c1ncc(C)s1. The largest absolute Gasteiger partial charge is 0.346 e. The number of hydrogen-bond acceptors (Lipinski definition) is 3. The van der Waals surface area contributed by atoms with E-state index in [1.807, 2.05) is 27.0 Å². The molecule has 0 spiro atoms. The Hall–Kier alpha value is -0.420. The maximum atomic E-state index is 11.6. The van der Waals surface area contributed by atoms with E-state index in [0.717, 1.165) is 16.3 Å². The molecule has 84 valence electrons. The molecule has 0 aliphatic carbocycles. The number of aryl methyl sites for hydroxylation is 1. The van der Waals surface area contributed by atoms with E-state index in [1.54, 1.807) is 11.3 Å². The Balaban J connectivity index is 2.56. The molecule has 0 fully saturated rings. The molecule has 0 bridgehead atoms. The number of amides is 1. The molecule has 2 unspecified atom stereocenters. The second-order valence-corrected chi connectivity index (χ2v) is 5.79. The first-order chi connectivity index (χ1) is 7.04. The molecule has 0 radical (unpaired) electrons. The summed E-state index contributed by atoms with van der Waals surface area (Å²) in [4.78, 5) is 16.9. The number of nitrogens with zero attached hydrogens (tertiary/aromatic N) is 1. The minimum atomic E-state index is -0.110. The van der Waals surface area contributed by atoms with Crippen LogP contribution in [-0.4, -0.2) is 15.7 Å². The maximum absolute atomic E-state index is 11.6. The van der Waals surface area contributed by atoms with Crippen molar-refractivity contribution in [3.05, 3.63) is 16.1 Å². The van der Waals surface area contributed by atoms with Gasteiger partial charge >= 0.3 is 0 Å². The molecule has 0 aliphatic heterocycles. The standard InChI is InChI=1S/C10H15BrN2OS/c1-4-8(11)9(14)13-7(3)10-12-5-6(2)15-10/h5,7-8H,4H2,1-3H3,(H,13,14). The van der Waals surface area contributed by atoms with Crippen LogP contribution in [0.2, 0.25) is 0 Å². The topological polar surface area (TPSA) is 42.0 Å². The van der Waals surface area contributed by atoms with Crippen LogP contribution in [0, 0.1) is 6.92 Å². The molecule has 1 heterocycles. The number of alkyl halides is 1. The van der Waals surface area contributed by atoms with Gasteiger partial charge in [0.15, 0.2) is 0 Å². The zero-order valence-corrected chi connectivity index (χ0v) is 11.5. The van der Waals surface area contributed by atoms with E-state index < -0.39 is 0 Å². The summed E-state index contributed by atoms with van der Waals surface area (Å²) in [7, 11) is 0. The van der Waals surface area contributed by atoms with E-state index in [-0.39, 0.29) is 16.8 Å². The Morgan fingerprint density at radius 3 is 2.87 bits per heavy atom. The first-order valence-electron chi connectivity index (χ1n) is 4.91. The first kappa shape index (κ1) is 12.6. The lowest BCUT2D eigenvalue weighted by Crippen LogP contribution is -2.32. The fourth-order valence-electron chi connectivity index (χ4n) is 1.12. The third-order valence-corrected chi connectivity index (χ3v) is 4.17. The Morgan fingerprint density at radius 2 is 2.40 bits per heavy atom. The molecule has 1 rings (SSSR count). The summed E-state index contributed by atoms with van der Waals surface area (Å²) in [5.41, 5.74) is 0. The van der Waals surface area contributed by atoms with E-state index in [0.29, 0.717) is 0 Å². The highest BCUT2D eigenvalue weighted by Crippen LogP contribution is 2.19. The van der Waals surface area contributed by atoms with Gasteiger partial charge in [-0.3, -0.25) is 4.79 Å². The number of halogens is 1. The van der Waals surface area contributed by atoms with Crippen LogP contribution < -0.4 is 5.32 Å². The van der Waals surface area contributed by atoms with Gasteiger partial charge in [-0.1, -0.05) is 22.9 Å². The van der Waals surface area contributed by atoms with Crippen molar-refractivity contribution in [1.29, 1.82) is 0 Å². The van der Waals surface area contributed by atoms with Crippen LogP contribution in [0.4, 0.5) is 0 Å². The Morgan fingerprint density at radius 1 is 1.73 bits per heavy atom.